The van der Waals surface area contributed by atoms with Crippen molar-refractivity contribution in [2.75, 3.05) is 46.5 Å². The monoisotopic (exact) mass is 569 g/mol. The molecular formula is C32H44FN3O5. The molecule has 2 heterocycles. The number of aliphatic hydroxyl groups excluding tert-OH is 1. The molecule has 0 saturated carbocycles. The molecule has 0 unspecified atom stereocenters. The Balaban J connectivity index is 1.60. The summed E-state index contributed by atoms with van der Waals surface area (Å²) >= 11 is 0. The molecule has 2 amide bonds. The number of piperidine rings is 2. The molecule has 2 aliphatic rings. The second-order valence-electron chi connectivity index (χ2n) is 11.3. The molecule has 224 valence electrons. The number of rotatable bonds is 11. The summed E-state index contributed by atoms with van der Waals surface area (Å²) in [5.41, 5.74) is 1.96. The molecule has 0 spiro atoms. The van der Waals surface area contributed by atoms with Crippen LogP contribution in [0.3, 0.4) is 0 Å². The van der Waals surface area contributed by atoms with Gasteiger partial charge in [-0.2, -0.15) is 0 Å². The van der Waals surface area contributed by atoms with Gasteiger partial charge in [0.25, 0.3) is 5.91 Å². The van der Waals surface area contributed by atoms with Crippen LogP contribution in [0.25, 0.3) is 11.1 Å². The minimum atomic E-state index is -0.461. The largest absolute Gasteiger partial charge is 0.493 e. The molecule has 2 fully saturated rings. The Bertz CT molecular complexity index is 1180. The normalized spacial score (nSPS) is 18.0. The molecular weight excluding hydrogens is 525 g/mol. The van der Waals surface area contributed by atoms with Gasteiger partial charge in [0.05, 0.1) is 19.1 Å². The van der Waals surface area contributed by atoms with Crippen LogP contribution in [-0.2, 0) is 16.0 Å². The number of hydrogen-bond acceptors (Lipinski definition) is 6. The Hall–Kier alpha value is -3.01. The zero-order valence-corrected chi connectivity index (χ0v) is 24.5. The van der Waals surface area contributed by atoms with Crippen molar-refractivity contribution < 1.29 is 28.6 Å². The van der Waals surface area contributed by atoms with Gasteiger partial charge in [-0.05, 0) is 75.9 Å². The average molecular weight is 570 g/mol. The molecule has 0 aromatic heterocycles. The lowest BCUT2D eigenvalue weighted by Crippen LogP contribution is -2.52. The van der Waals surface area contributed by atoms with Crippen LogP contribution in [0.2, 0.25) is 0 Å². The Kier molecular flexibility index (Phi) is 11.1. The second kappa shape index (κ2) is 14.8. The molecule has 4 rings (SSSR count). The number of likely N-dealkylation sites (tertiary alicyclic amines) is 1. The molecule has 41 heavy (non-hydrogen) atoms. The van der Waals surface area contributed by atoms with Crippen molar-refractivity contribution in [2.45, 2.75) is 70.6 Å². The summed E-state index contributed by atoms with van der Waals surface area (Å²) in [5.74, 6) is -0.130. The number of carbonyl (C=O) groups excluding carboxylic acids is 2. The number of ether oxygens (including phenoxy) is 2. The Morgan fingerprint density at radius 2 is 1.88 bits per heavy atom. The number of nitrogens with zero attached hydrogens (tertiary/aromatic N) is 2. The number of carbonyl (C=O) groups is 2. The van der Waals surface area contributed by atoms with E-state index in [2.05, 4.69) is 5.32 Å². The first-order valence-electron chi connectivity index (χ1n) is 14.8. The fourth-order valence-electron chi connectivity index (χ4n) is 5.77. The summed E-state index contributed by atoms with van der Waals surface area (Å²) in [5, 5.41) is 13.2. The number of hydrogen-bond donors (Lipinski definition) is 2. The quantitative estimate of drug-likeness (QED) is 0.397. The number of benzene rings is 2. The van der Waals surface area contributed by atoms with E-state index in [0.717, 1.165) is 31.5 Å². The highest BCUT2D eigenvalue weighted by Gasteiger charge is 2.28. The zero-order valence-electron chi connectivity index (χ0n) is 24.5. The van der Waals surface area contributed by atoms with E-state index in [1.54, 1.807) is 24.1 Å². The van der Waals surface area contributed by atoms with Crippen LogP contribution in [-0.4, -0.2) is 91.4 Å². The SMILES string of the molecule is COCCCOc1cc(CC(=O)N(C(C)C)[C@@H]2CCCNC2)ccc1-c1cc(C(=O)N2CCC(O)CC2)ccc1F. The molecule has 2 aliphatic heterocycles. The molecule has 2 aromatic rings. The minimum absolute atomic E-state index is 0.0530. The van der Waals surface area contributed by atoms with E-state index in [1.807, 2.05) is 30.9 Å². The predicted molar refractivity (Wildman–Crippen MR) is 157 cm³/mol. The number of methoxy groups -OCH3 is 1. The summed E-state index contributed by atoms with van der Waals surface area (Å²) in [4.78, 5) is 30.3. The van der Waals surface area contributed by atoms with Crippen LogP contribution < -0.4 is 10.1 Å². The smallest absolute Gasteiger partial charge is 0.253 e. The van der Waals surface area contributed by atoms with E-state index in [-0.39, 0.29) is 35.9 Å². The van der Waals surface area contributed by atoms with Gasteiger partial charge in [-0.15, -0.1) is 0 Å². The highest BCUT2D eigenvalue weighted by atomic mass is 19.1. The summed E-state index contributed by atoms with van der Waals surface area (Å²) in [6.45, 7) is 7.68. The van der Waals surface area contributed by atoms with Crippen LogP contribution in [0.1, 0.15) is 61.9 Å². The van der Waals surface area contributed by atoms with Crippen molar-refractivity contribution >= 4 is 11.8 Å². The van der Waals surface area contributed by atoms with Crippen LogP contribution in [0.15, 0.2) is 36.4 Å². The first-order valence-corrected chi connectivity index (χ1v) is 14.8. The summed E-state index contributed by atoms with van der Waals surface area (Å²) in [7, 11) is 1.63. The fourth-order valence-corrected chi connectivity index (χ4v) is 5.77. The fraction of sp³-hybridized carbons (Fsp3) is 0.562. The molecule has 2 N–H and O–H groups in total. The highest BCUT2D eigenvalue weighted by Crippen LogP contribution is 2.34. The van der Waals surface area contributed by atoms with Crippen LogP contribution >= 0.6 is 0 Å². The Morgan fingerprint density at radius 3 is 2.56 bits per heavy atom. The molecule has 0 bridgehead atoms. The predicted octanol–water partition coefficient (Wildman–Crippen LogP) is 4.04. The Labute approximate surface area is 242 Å². The van der Waals surface area contributed by atoms with Crippen molar-refractivity contribution in [1.29, 1.82) is 0 Å². The van der Waals surface area contributed by atoms with Gasteiger partial charge in [-0.1, -0.05) is 12.1 Å². The van der Waals surface area contributed by atoms with Crippen molar-refractivity contribution in [3.8, 4) is 16.9 Å². The first kappa shape index (κ1) is 30.9. The third-order valence-electron chi connectivity index (χ3n) is 7.92. The van der Waals surface area contributed by atoms with E-state index in [9.17, 15) is 14.7 Å². The van der Waals surface area contributed by atoms with E-state index in [1.165, 1.54) is 12.1 Å². The second-order valence-corrected chi connectivity index (χ2v) is 11.3. The summed E-state index contributed by atoms with van der Waals surface area (Å²) in [6, 6.07) is 10.1. The van der Waals surface area contributed by atoms with E-state index in [0.29, 0.717) is 62.4 Å². The molecule has 0 radical (unpaired) electrons. The molecule has 8 nitrogen and oxygen atoms in total. The topological polar surface area (TPSA) is 91.3 Å². The van der Waals surface area contributed by atoms with Gasteiger partial charge >= 0.3 is 0 Å². The van der Waals surface area contributed by atoms with Gasteiger partial charge in [0, 0.05) is 68.5 Å². The number of nitrogens with one attached hydrogen (secondary N) is 1. The van der Waals surface area contributed by atoms with Gasteiger partial charge in [-0.25, -0.2) is 4.39 Å². The molecule has 9 heteroatoms. The van der Waals surface area contributed by atoms with Crippen molar-refractivity contribution in [1.82, 2.24) is 15.1 Å². The van der Waals surface area contributed by atoms with Gasteiger partial charge in [0.15, 0.2) is 0 Å². The number of amides is 2. The van der Waals surface area contributed by atoms with E-state index in [4.69, 9.17) is 9.47 Å². The maximum atomic E-state index is 15.2. The first-order chi connectivity index (χ1) is 19.8. The lowest BCUT2D eigenvalue weighted by Gasteiger charge is -2.37. The lowest BCUT2D eigenvalue weighted by molar-refractivity contribution is -0.135. The summed E-state index contributed by atoms with van der Waals surface area (Å²) in [6.07, 6.45) is 3.56. The molecule has 1 atom stereocenters. The van der Waals surface area contributed by atoms with E-state index >= 15 is 4.39 Å². The molecule has 2 aromatic carbocycles. The molecule has 0 aliphatic carbocycles. The van der Waals surface area contributed by atoms with Crippen LogP contribution in [0.4, 0.5) is 4.39 Å². The summed E-state index contributed by atoms with van der Waals surface area (Å²) < 4.78 is 26.5. The van der Waals surface area contributed by atoms with Crippen molar-refractivity contribution in [2.24, 2.45) is 0 Å². The standard InChI is InChI=1S/C32H44FN3O5/c1-22(2)36(25-6-4-13-34-21-25)31(38)19-23-7-9-27(30(18-23)41-17-5-16-40-3)28-20-24(8-10-29(28)33)32(39)35-14-11-26(37)12-15-35/h7-10,18,20,22,25-26,34,37H,4-6,11-17,19,21H2,1-3H3/t25-/m1/s1. The number of aliphatic hydroxyl groups is 1. The third kappa shape index (κ3) is 8.05. The van der Waals surface area contributed by atoms with Crippen LogP contribution in [0.5, 0.6) is 5.75 Å². The third-order valence-corrected chi connectivity index (χ3v) is 7.92. The molecule has 2 saturated heterocycles. The number of halogens is 1. The van der Waals surface area contributed by atoms with Gasteiger partial charge in [0.1, 0.15) is 11.6 Å². The Morgan fingerprint density at radius 1 is 1.10 bits per heavy atom. The van der Waals surface area contributed by atoms with Crippen molar-refractivity contribution in [3.63, 3.8) is 0 Å². The lowest BCUT2D eigenvalue weighted by atomic mass is 9.97. The van der Waals surface area contributed by atoms with Gasteiger partial charge < -0.3 is 29.7 Å². The average Bonchev–Trinajstić information content (AvgIpc) is 2.96. The minimum Gasteiger partial charge on any atom is -0.493 e. The van der Waals surface area contributed by atoms with Gasteiger partial charge in [0.2, 0.25) is 5.91 Å². The zero-order chi connectivity index (χ0) is 29.4. The maximum absolute atomic E-state index is 15.2. The van der Waals surface area contributed by atoms with Crippen molar-refractivity contribution in [3.05, 3.63) is 53.3 Å². The highest BCUT2D eigenvalue weighted by molar-refractivity contribution is 5.96. The maximum Gasteiger partial charge on any atom is 0.253 e. The van der Waals surface area contributed by atoms with E-state index < -0.39 is 11.9 Å². The van der Waals surface area contributed by atoms with Crippen LogP contribution in [0, 0.1) is 5.82 Å². The van der Waals surface area contributed by atoms with Gasteiger partial charge in [-0.3, -0.25) is 9.59 Å².